The van der Waals surface area contributed by atoms with Gasteiger partial charge in [0.2, 0.25) is 0 Å². The third-order valence-electron chi connectivity index (χ3n) is 5.80. The van der Waals surface area contributed by atoms with Crippen molar-refractivity contribution in [2.45, 2.75) is 43.8 Å². The van der Waals surface area contributed by atoms with Gasteiger partial charge in [-0.1, -0.05) is 0 Å². The van der Waals surface area contributed by atoms with Crippen molar-refractivity contribution >= 4 is 6.03 Å². The number of rotatable bonds is 3. The first kappa shape index (κ1) is 15.8. The van der Waals surface area contributed by atoms with Crippen LogP contribution in [0.1, 0.15) is 31.2 Å². The van der Waals surface area contributed by atoms with Crippen LogP contribution in [0.15, 0.2) is 24.5 Å². The number of aromatic nitrogens is 1. The lowest BCUT2D eigenvalue weighted by molar-refractivity contribution is -0.0158. The van der Waals surface area contributed by atoms with Gasteiger partial charge in [0.05, 0.1) is 5.54 Å². The molecular formula is C18H26N4O2. The molecule has 130 valence electrons. The summed E-state index contributed by atoms with van der Waals surface area (Å²) in [6.07, 6.45) is 7.74. The zero-order valence-electron chi connectivity index (χ0n) is 14.1. The van der Waals surface area contributed by atoms with Crippen molar-refractivity contribution < 1.29 is 9.53 Å². The summed E-state index contributed by atoms with van der Waals surface area (Å²) in [6, 6.07) is 4.65. The quantitative estimate of drug-likeness (QED) is 0.915. The van der Waals surface area contributed by atoms with Crippen LogP contribution < -0.4 is 5.32 Å². The molecule has 0 radical (unpaired) electrons. The van der Waals surface area contributed by atoms with E-state index in [9.17, 15) is 4.79 Å². The molecule has 0 unspecified atom stereocenters. The average Bonchev–Trinajstić information content (AvgIpc) is 2.93. The number of amides is 2. The van der Waals surface area contributed by atoms with E-state index in [1.54, 1.807) is 0 Å². The van der Waals surface area contributed by atoms with E-state index in [-0.39, 0.29) is 11.6 Å². The lowest BCUT2D eigenvalue weighted by Crippen LogP contribution is -2.57. The molecule has 0 bridgehead atoms. The Balaban J connectivity index is 1.38. The molecule has 3 aliphatic heterocycles. The van der Waals surface area contributed by atoms with Crippen molar-refractivity contribution in [1.82, 2.24) is 20.1 Å². The lowest BCUT2D eigenvalue weighted by atomic mass is 9.86. The van der Waals surface area contributed by atoms with Crippen LogP contribution in [0.25, 0.3) is 0 Å². The monoisotopic (exact) mass is 330 g/mol. The highest BCUT2D eigenvalue weighted by atomic mass is 16.5. The molecule has 4 rings (SSSR count). The highest BCUT2D eigenvalue weighted by Gasteiger charge is 2.49. The van der Waals surface area contributed by atoms with Crippen molar-refractivity contribution in [3.63, 3.8) is 0 Å². The fourth-order valence-electron chi connectivity index (χ4n) is 4.43. The van der Waals surface area contributed by atoms with Gasteiger partial charge in [-0.05, 0) is 43.4 Å². The Labute approximate surface area is 143 Å². The SMILES string of the molecule is O=C1NCC2(CCOCC2)N1C1CCN(Cc2ccncc2)CC1. The Morgan fingerprint density at radius 2 is 1.92 bits per heavy atom. The maximum atomic E-state index is 12.5. The number of hydrogen-bond donors (Lipinski definition) is 1. The molecule has 3 saturated heterocycles. The fraction of sp³-hybridized carbons (Fsp3) is 0.667. The molecule has 1 spiro atoms. The molecule has 0 aliphatic carbocycles. The molecule has 4 heterocycles. The Morgan fingerprint density at radius 3 is 2.62 bits per heavy atom. The fourth-order valence-corrected chi connectivity index (χ4v) is 4.43. The molecule has 6 nitrogen and oxygen atoms in total. The van der Waals surface area contributed by atoms with Gasteiger partial charge < -0.3 is 15.0 Å². The standard InChI is InChI=1S/C18H26N4O2/c23-17-20-14-18(5-11-24-12-6-18)22(17)16-3-9-21(10-4-16)13-15-1-7-19-8-2-15/h1-2,7-8,16H,3-6,9-14H2,(H,20,23). The highest BCUT2D eigenvalue weighted by molar-refractivity contribution is 5.78. The number of likely N-dealkylation sites (tertiary alicyclic amines) is 1. The average molecular weight is 330 g/mol. The summed E-state index contributed by atoms with van der Waals surface area (Å²) in [4.78, 5) is 21.2. The molecule has 1 N–H and O–H groups in total. The van der Waals surface area contributed by atoms with E-state index in [0.29, 0.717) is 6.04 Å². The van der Waals surface area contributed by atoms with Gasteiger partial charge in [0.1, 0.15) is 0 Å². The van der Waals surface area contributed by atoms with Gasteiger partial charge in [-0.3, -0.25) is 9.88 Å². The van der Waals surface area contributed by atoms with Crippen molar-refractivity contribution in [1.29, 1.82) is 0 Å². The molecule has 0 atom stereocenters. The Kier molecular flexibility index (Phi) is 4.41. The number of carbonyl (C=O) groups is 1. The first-order valence-electron chi connectivity index (χ1n) is 9.03. The number of pyridine rings is 1. The van der Waals surface area contributed by atoms with Crippen molar-refractivity contribution in [2.75, 3.05) is 32.8 Å². The van der Waals surface area contributed by atoms with E-state index in [1.165, 1.54) is 5.56 Å². The number of nitrogens with zero attached hydrogens (tertiary/aromatic N) is 3. The minimum Gasteiger partial charge on any atom is -0.381 e. The topological polar surface area (TPSA) is 57.7 Å². The summed E-state index contributed by atoms with van der Waals surface area (Å²) in [7, 11) is 0. The maximum absolute atomic E-state index is 12.5. The second kappa shape index (κ2) is 6.69. The predicted molar refractivity (Wildman–Crippen MR) is 90.6 cm³/mol. The zero-order valence-corrected chi connectivity index (χ0v) is 14.1. The van der Waals surface area contributed by atoms with Crippen LogP contribution in [-0.2, 0) is 11.3 Å². The van der Waals surface area contributed by atoms with Crippen molar-refractivity contribution in [3.05, 3.63) is 30.1 Å². The van der Waals surface area contributed by atoms with Gasteiger partial charge in [0.15, 0.2) is 0 Å². The van der Waals surface area contributed by atoms with Crippen molar-refractivity contribution in [3.8, 4) is 0 Å². The van der Waals surface area contributed by atoms with E-state index in [4.69, 9.17) is 4.74 Å². The van der Waals surface area contributed by atoms with Gasteiger partial charge in [0.25, 0.3) is 0 Å². The summed E-state index contributed by atoms with van der Waals surface area (Å²) < 4.78 is 5.53. The van der Waals surface area contributed by atoms with Crippen molar-refractivity contribution in [2.24, 2.45) is 0 Å². The van der Waals surface area contributed by atoms with E-state index in [2.05, 4.69) is 32.2 Å². The number of carbonyl (C=O) groups excluding carboxylic acids is 1. The molecule has 0 aromatic carbocycles. The molecule has 1 aromatic heterocycles. The molecule has 2 amide bonds. The molecule has 0 saturated carbocycles. The Morgan fingerprint density at radius 1 is 1.21 bits per heavy atom. The van der Waals surface area contributed by atoms with Gasteiger partial charge >= 0.3 is 6.03 Å². The number of piperidine rings is 1. The summed E-state index contributed by atoms with van der Waals surface area (Å²) in [5, 5.41) is 3.09. The van der Waals surface area contributed by atoms with Gasteiger partial charge in [-0.2, -0.15) is 0 Å². The molecule has 6 heteroatoms. The van der Waals surface area contributed by atoms with Crippen LogP contribution in [0.2, 0.25) is 0 Å². The first-order chi connectivity index (χ1) is 11.8. The van der Waals surface area contributed by atoms with E-state index >= 15 is 0 Å². The van der Waals surface area contributed by atoms with Gasteiger partial charge in [-0.25, -0.2) is 4.79 Å². The predicted octanol–water partition coefficient (Wildman–Crippen LogP) is 1.62. The molecular weight excluding hydrogens is 304 g/mol. The second-order valence-corrected chi connectivity index (χ2v) is 7.23. The Hall–Kier alpha value is -1.66. The number of urea groups is 1. The third kappa shape index (κ3) is 3.00. The summed E-state index contributed by atoms with van der Waals surface area (Å²) in [5.74, 6) is 0. The third-order valence-corrected chi connectivity index (χ3v) is 5.80. The number of hydrogen-bond acceptors (Lipinski definition) is 4. The summed E-state index contributed by atoms with van der Waals surface area (Å²) in [6.45, 7) is 5.39. The Bertz CT molecular complexity index is 566. The summed E-state index contributed by atoms with van der Waals surface area (Å²) in [5.41, 5.74) is 1.30. The smallest absolute Gasteiger partial charge is 0.318 e. The minimum absolute atomic E-state index is 0.00668. The van der Waals surface area contributed by atoms with Crippen LogP contribution in [0.3, 0.4) is 0 Å². The van der Waals surface area contributed by atoms with Crippen LogP contribution in [0, 0.1) is 0 Å². The van der Waals surface area contributed by atoms with E-state index in [0.717, 1.165) is 65.1 Å². The largest absolute Gasteiger partial charge is 0.381 e. The minimum atomic E-state index is -0.00668. The molecule has 3 fully saturated rings. The van der Waals surface area contributed by atoms with Crippen LogP contribution >= 0.6 is 0 Å². The van der Waals surface area contributed by atoms with Crippen LogP contribution in [0.5, 0.6) is 0 Å². The lowest BCUT2D eigenvalue weighted by Gasteiger charge is -2.46. The second-order valence-electron chi connectivity index (χ2n) is 7.23. The summed E-state index contributed by atoms with van der Waals surface area (Å²) >= 11 is 0. The van der Waals surface area contributed by atoms with E-state index in [1.807, 2.05) is 12.4 Å². The number of nitrogens with one attached hydrogen (secondary N) is 1. The molecule has 3 aliphatic rings. The molecule has 24 heavy (non-hydrogen) atoms. The van der Waals surface area contributed by atoms with Crippen LogP contribution in [0.4, 0.5) is 4.79 Å². The van der Waals surface area contributed by atoms with Gasteiger partial charge in [0, 0.05) is 57.8 Å². The highest BCUT2D eigenvalue weighted by Crippen LogP contribution is 2.35. The first-order valence-corrected chi connectivity index (χ1v) is 9.03. The van der Waals surface area contributed by atoms with Crippen LogP contribution in [-0.4, -0.2) is 65.2 Å². The normalized spacial score (nSPS) is 25.2. The molecule has 1 aromatic rings. The maximum Gasteiger partial charge on any atom is 0.318 e. The van der Waals surface area contributed by atoms with Gasteiger partial charge in [-0.15, -0.1) is 0 Å². The van der Waals surface area contributed by atoms with E-state index < -0.39 is 0 Å². The zero-order chi connectivity index (χ0) is 16.4. The number of ether oxygens (including phenoxy) is 1.